The van der Waals surface area contributed by atoms with Crippen molar-refractivity contribution in [1.82, 2.24) is 5.32 Å². The highest BCUT2D eigenvalue weighted by Crippen LogP contribution is 2.18. The fourth-order valence-electron chi connectivity index (χ4n) is 1.45. The van der Waals surface area contributed by atoms with Gasteiger partial charge in [0.05, 0.1) is 12.6 Å². The molecule has 0 amide bonds. The van der Waals surface area contributed by atoms with Crippen LogP contribution >= 0.6 is 0 Å². The van der Waals surface area contributed by atoms with Crippen molar-refractivity contribution in [2.75, 3.05) is 20.3 Å². The minimum Gasteiger partial charge on any atom is -0.383 e. The summed E-state index contributed by atoms with van der Waals surface area (Å²) < 4.78 is 31.3. The monoisotopic (exact) mass is 215 g/mol. The lowest BCUT2D eigenvalue weighted by Crippen LogP contribution is -2.25. The summed E-state index contributed by atoms with van der Waals surface area (Å²) in [5.41, 5.74) is 0.304. The molecular weight excluding hydrogens is 200 g/mol. The number of hydrogen-bond donors (Lipinski definition) is 1. The summed E-state index contributed by atoms with van der Waals surface area (Å²) in [6.45, 7) is 2.89. The van der Waals surface area contributed by atoms with Gasteiger partial charge >= 0.3 is 0 Å². The van der Waals surface area contributed by atoms with E-state index in [0.717, 1.165) is 12.1 Å². The molecule has 0 saturated heterocycles. The van der Waals surface area contributed by atoms with Crippen molar-refractivity contribution in [2.24, 2.45) is 0 Å². The molecule has 15 heavy (non-hydrogen) atoms. The molecule has 0 aliphatic rings. The summed E-state index contributed by atoms with van der Waals surface area (Å²) in [5, 5.41) is 3.04. The molecule has 1 aromatic carbocycles. The van der Waals surface area contributed by atoms with Gasteiger partial charge in [0.1, 0.15) is 11.6 Å². The zero-order chi connectivity index (χ0) is 11.3. The lowest BCUT2D eigenvalue weighted by molar-refractivity contribution is 0.166. The smallest absolute Gasteiger partial charge is 0.128 e. The Bertz CT molecular complexity index is 311. The highest BCUT2D eigenvalue weighted by molar-refractivity contribution is 5.22. The second-order valence-corrected chi connectivity index (χ2v) is 3.23. The molecule has 1 aromatic rings. The average Bonchev–Trinajstić information content (AvgIpc) is 2.21. The average molecular weight is 215 g/mol. The number of nitrogens with one attached hydrogen (secondary N) is 1. The summed E-state index contributed by atoms with van der Waals surface area (Å²) >= 11 is 0. The number of halogens is 2. The van der Waals surface area contributed by atoms with Gasteiger partial charge in [-0.3, -0.25) is 0 Å². The molecule has 1 N–H and O–H groups in total. The first-order chi connectivity index (χ1) is 7.19. The second kappa shape index (κ2) is 5.78. The molecule has 0 aliphatic heterocycles. The van der Waals surface area contributed by atoms with Crippen LogP contribution in [0, 0.1) is 11.6 Å². The van der Waals surface area contributed by atoms with Crippen LogP contribution in [0.15, 0.2) is 18.2 Å². The number of methoxy groups -OCH3 is 1. The van der Waals surface area contributed by atoms with Crippen LogP contribution in [0.5, 0.6) is 0 Å². The molecule has 4 heteroatoms. The largest absolute Gasteiger partial charge is 0.383 e. The molecular formula is C11H15F2NO. The predicted octanol–water partition coefficient (Wildman–Crippen LogP) is 2.26. The van der Waals surface area contributed by atoms with Gasteiger partial charge in [-0.2, -0.15) is 0 Å². The van der Waals surface area contributed by atoms with Crippen LogP contribution in [-0.2, 0) is 4.74 Å². The standard InChI is InChI=1S/C11H15F2NO/c1-3-14-11(7-15-2)9-6-8(12)4-5-10(9)13/h4-6,11,14H,3,7H2,1-2H3. The van der Waals surface area contributed by atoms with Gasteiger partial charge in [0.2, 0.25) is 0 Å². The number of rotatable bonds is 5. The maximum atomic E-state index is 13.4. The quantitative estimate of drug-likeness (QED) is 0.813. The topological polar surface area (TPSA) is 21.3 Å². The van der Waals surface area contributed by atoms with Crippen LogP contribution in [0.2, 0.25) is 0 Å². The SMILES string of the molecule is CCNC(COC)c1cc(F)ccc1F. The van der Waals surface area contributed by atoms with Crippen LogP contribution in [-0.4, -0.2) is 20.3 Å². The molecule has 0 aliphatic carbocycles. The molecule has 0 heterocycles. The normalized spacial score (nSPS) is 12.8. The van der Waals surface area contributed by atoms with E-state index in [-0.39, 0.29) is 6.04 Å². The van der Waals surface area contributed by atoms with Crippen molar-refractivity contribution in [2.45, 2.75) is 13.0 Å². The molecule has 0 radical (unpaired) electrons. The zero-order valence-electron chi connectivity index (χ0n) is 8.89. The molecule has 1 rings (SSSR count). The van der Waals surface area contributed by atoms with E-state index in [2.05, 4.69) is 5.32 Å². The maximum Gasteiger partial charge on any atom is 0.128 e. The van der Waals surface area contributed by atoms with Crippen LogP contribution in [0.1, 0.15) is 18.5 Å². The number of ether oxygens (including phenoxy) is 1. The Morgan fingerprint density at radius 2 is 2.13 bits per heavy atom. The van der Waals surface area contributed by atoms with E-state index in [1.165, 1.54) is 13.2 Å². The summed E-state index contributed by atoms with van der Waals surface area (Å²) in [6.07, 6.45) is 0. The minimum atomic E-state index is -0.439. The van der Waals surface area contributed by atoms with Gasteiger partial charge in [-0.25, -0.2) is 8.78 Å². The van der Waals surface area contributed by atoms with E-state index in [1.54, 1.807) is 0 Å². The lowest BCUT2D eigenvalue weighted by Gasteiger charge is -2.17. The van der Waals surface area contributed by atoms with E-state index >= 15 is 0 Å². The van der Waals surface area contributed by atoms with Gasteiger partial charge in [-0.15, -0.1) is 0 Å². The first-order valence-electron chi connectivity index (χ1n) is 4.86. The molecule has 0 spiro atoms. The van der Waals surface area contributed by atoms with Gasteiger partial charge in [0.15, 0.2) is 0 Å². The number of benzene rings is 1. The van der Waals surface area contributed by atoms with Gasteiger partial charge in [0, 0.05) is 12.7 Å². The van der Waals surface area contributed by atoms with Crippen molar-refractivity contribution in [3.8, 4) is 0 Å². The number of hydrogen-bond acceptors (Lipinski definition) is 2. The van der Waals surface area contributed by atoms with Crippen molar-refractivity contribution >= 4 is 0 Å². The highest BCUT2D eigenvalue weighted by atomic mass is 19.1. The van der Waals surface area contributed by atoms with Gasteiger partial charge in [-0.05, 0) is 24.7 Å². The number of likely N-dealkylation sites (N-methyl/N-ethyl adjacent to an activating group) is 1. The molecule has 2 nitrogen and oxygen atoms in total. The van der Waals surface area contributed by atoms with E-state index < -0.39 is 11.6 Å². The fourth-order valence-corrected chi connectivity index (χ4v) is 1.45. The first-order valence-corrected chi connectivity index (χ1v) is 4.86. The summed E-state index contributed by atoms with van der Waals surface area (Å²) in [5.74, 6) is -0.857. The Labute approximate surface area is 88.3 Å². The Balaban J connectivity index is 2.93. The van der Waals surface area contributed by atoms with E-state index in [9.17, 15) is 8.78 Å². The highest BCUT2D eigenvalue weighted by Gasteiger charge is 2.15. The summed E-state index contributed by atoms with van der Waals surface area (Å²) in [7, 11) is 1.53. The van der Waals surface area contributed by atoms with Crippen LogP contribution in [0.4, 0.5) is 8.78 Å². The maximum absolute atomic E-state index is 13.4. The summed E-state index contributed by atoms with van der Waals surface area (Å²) in [6, 6.07) is 3.12. The molecule has 1 unspecified atom stereocenters. The van der Waals surface area contributed by atoms with Gasteiger partial charge in [0.25, 0.3) is 0 Å². The van der Waals surface area contributed by atoms with Crippen LogP contribution in [0.3, 0.4) is 0 Å². The lowest BCUT2D eigenvalue weighted by atomic mass is 10.1. The Morgan fingerprint density at radius 3 is 2.73 bits per heavy atom. The third-order valence-electron chi connectivity index (χ3n) is 2.12. The molecule has 84 valence electrons. The predicted molar refractivity (Wildman–Crippen MR) is 54.7 cm³/mol. The molecule has 1 atom stereocenters. The van der Waals surface area contributed by atoms with Crippen molar-refractivity contribution in [1.29, 1.82) is 0 Å². The van der Waals surface area contributed by atoms with Crippen molar-refractivity contribution < 1.29 is 13.5 Å². The van der Waals surface area contributed by atoms with Crippen LogP contribution < -0.4 is 5.32 Å². The van der Waals surface area contributed by atoms with Crippen molar-refractivity contribution in [3.05, 3.63) is 35.4 Å². The molecule has 0 fully saturated rings. The minimum absolute atomic E-state index is 0.304. The zero-order valence-corrected chi connectivity index (χ0v) is 8.89. The van der Waals surface area contributed by atoms with Crippen LogP contribution in [0.25, 0.3) is 0 Å². The van der Waals surface area contributed by atoms with Gasteiger partial charge < -0.3 is 10.1 Å². The third kappa shape index (κ3) is 3.25. The first kappa shape index (κ1) is 12.1. The van der Waals surface area contributed by atoms with E-state index in [1.807, 2.05) is 6.92 Å². The van der Waals surface area contributed by atoms with E-state index in [0.29, 0.717) is 18.7 Å². The van der Waals surface area contributed by atoms with Crippen molar-refractivity contribution in [3.63, 3.8) is 0 Å². The Kier molecular flexibility index (Phi) is 4.65. The Morgan fingerprint density at radius 1 is 1.40 bits per heavy atom. The fraction of sp³-hybridized carbons (Fsp3) is 0.455. The Hall–Kier alpha value is -1.00. The van der Waals surface area contributed by atoms with E-state index in [4.69, 9.17) is 4.74 Å². The molecule has 0 aromatic heterocycles. The second-order valence-electron chi connectivity index (χ2n) is 3.23. The summed E-state index contributed by atoms with van der Waals surface area (Å²) in [4.78, 5) is 0. The molecule has 0 saturated carbocycles. The van der Waals surface area contributed by atoms with Gasteiger partial charge in [-0.1, -0.05) is 6.92 Å². The molecule has 0 bridgehead atoms. The third-order valence-corrected chi connectivity index (χ3v) is 2.12.